The summed E-state index contributed by atoms with van der Waals surface area (Å²) in [6.07, 6.45) is -3.68. The second-order valence-corrected chi connectivity index (χ2v) is 5.05. The van der Waals surface area contributed by atoms with Crippen molar-refractivity contribution in [3.05, 3.63) is 35.9 Å². The molecule has 0 unspecified atom stereocenters. The minimum Gasteiger partial charge on any atom is -0.363 e. The SMILES string of the molecule is CSC1=N[C@H](c2ccccc2)C[C@](O)(C(F)(F)F)N1. The van der Waals surface area contributed by atoms with Gasteiger partial charge in [-0.3, -0.25) is 4.99 Å². The Bertz CT molecular complexity index is 478. The number of rotatable bonds is 1. The second-order valence-electron chi connectivity index (χ2n) is 4.25. The van der Waals surface area contributed by atoms with Gasteiger partial charge in [0.2, 0.25) is 5.72 Å². The molecule has 0 bridgehead atoms. The summed E-state index contributed by atoms with van der Waals surface area (Å²) in [5, 5.41) is 12.0. The Morgan fingerprint density at radius 2 is 2.00 bits per heavy atom. The predicted octanol–water partition coefficient (Wildman–Crippen LogP) is 2.69. The highest BCUT2D eigenvalue weighted by Crippen LogP contribution is 2.40. The maximum atomic E-state index is 12.9. The van der Waals surface area contributed by atoms with Crippen LogP contribution in [-0.2, 0) is 0 Å². The molecule has 0 radical (unpaired) electrons. The van der Waals surface area contributed by atoms with E-state index in [2.05, 4.69) is 10.3 Å². The van der Waals surface area contributed by atoms with E-state index in [-0.39, 0.29) is 5.17 Å². The molecule has 0 saturated heterocycles. The Kier molecular flexibility index (Phi) is 3.78. The van der Waals surface area contributed by atoms with Crippen molar-refractivity contribution in [2.45, 2.75) is 24.4 Å². The highest BCUT2D eigenvalue weighted by atomic mass is 32.2. The Labute approximate surface area is 112 Å². The van der Waals surface area contributed by atoms with Gasteiger partial charge in [0.25, 0.3) is 0 Å². The molecule has 0 fully saturated rings. The number of thioether (sulfide) groups is 1. The van der Waals surface area contributed by atoms with Crippen LogP contribution in [0.15, 0.2) is 35.3 Å². The Balaban J connectivity index is 2.36. The van der Waals surface area contributed by atoms with E-state index in [1.54, 1.807) is 36.6 Å². The van der Waals surface area contributed by atoms with E-state index in [0.717, 1.165) is 11.8 Å². The van der Waals surface area contributed by atoms with Crippen molar-refractivity contribution in [2.24, 2.45) is 4.99 Å². The monoisotopic (exact) mass is 290 g/mol. The summed E-state index contributed by atoms with van der Waals surface area (Å²) in [6.45, 7) is 0. The average Bonchev–Trinajstić information content (AvgIpc) is 2.38. The molecule has 1 aliphatic rings. The molecule has 2 atom stereocenters. The molecule has 2 rings (SSSR count). The summed E-state index contributed by atoms with van der Waals surface area (Å²) in [5.41, 5.74) is -2.29. The third-order valence-corrected chi connectivity index (χ3v) is 3.52. The first-order valence-corrected chi connectivity index (χ1v) is 6.82. The quantitative estimate of drug-likeness (QED) is 0.836. The maximum absolute atomic E-state index is 12.9. The molecule has 1 aromatic carbocycles. The normalized spacial score (nSPS) is 27.6. The van der Waals surface area contributed by atoms with Gasteiger partial charge in [-0.15, -0.1) is 0 Å². The minimum absolute atomic E-state index is 0.0833. The molecule has 2 N–H and O–H groups in total. The number of nitrogens with zero attached hydrogens (tertiary/aromatic N) is 1. The predicted molar refractivity (Wildman–Crippen MR) is 68.9 cm³/mol. The lowest BCUT2D eigenvalue weighted by molar-refractivity contribution is -0.271. The third kappa shape index (κ3) is 2.87. The van der Waals surface area contributed by atoms with Crippen LogP contribution in [0.1, 0.15) is 18.0 Å². The smallest absolute Gasteiger partial charge is 0.363 e. The molecule has 0 aliphatic carbocycles. The van der Waals surface area contributed by atoms with Gasteiger partial charge < -0.3 is 10.4 Å². The van der Waals surface area contributed by atoms with E-state index in [1.165, 1.54) is 0 Å². The fourth-order valence-corrected chi connectivity index (χ4v) is 2.39. The molecular formula is C12H13F3N2OS. The van der Waals surface area contributed by atoms with Crippen LogP contribution < -0.4 is 5.32 Å². The summed E-state index contributed by atoms with van der Waals surface area (Å²) >= 11 is 1.04. The minimum atomic E-state index is -4.75. The lowest BCUT2D eigenvalue weighted by Crippen LogP contribution is -2.60. The molecule has 1 heterocycles. The Morgan fingerprint density at radius 3 is 2.53 bits per heavy atom. The van der Waals surface area contributed by atoms with Gasteiger partial charge in [-0.25, -0.2) is 0 Å². The molecule has 0 spiro atoms. The van der Waals surface area contributed by atoms with Crippen molar-refractivity contribution in [1.82, 2.24) is 5.32 Å². The van der Waals surface area contributed by atoms with Gasteiger partial charge in [0, 0.05) is 6.42 Å². The molecule has 7 heteroatoms. The zero-order chi connectivity index (χ0) is 14.1. The molecule has 19 heavy (non-hydrogen) atoms. The Hall–Kier alpha value is -1.21. The number of benzene rings is 1. The van der Waals surface area contributed by atoms with E-state index >= 15 is 0 Å². The van der Waals surface area contributed by atoms with Gasteiger partial charge in [0.15, 0.2) is 5.17 Å². The van der Waals surface area contributed by atoms with E-state index in [1.807, 2.05) is 0 Å². The summed E-state index contributed by atoms with van der Waals surface area (Å²) in [6, 6.07) is 7.94. The molecular weight excluding hydrogens is 277 g/mol. The van der Waals surface area contributed by atoms with Crippen LogP contribution in [0.25, 0.3) is 0 Å². The lowest BCUT2D eigenvalue weighted by Gasteiger charge is -2.37. The number of hydrogen-bond acceptors (Lipinski definition) is 4. The summed E-state index contributed by atoms with van der Waals surface area (Å²) < 4.78 is 38.8. The topological polar surface area (TPSA) is 44.6 Å². The first kappa shape index (κ1) is 14.2. The zero-order valence-electron chi connectivity index (χ0n) is 10.1. The van der Waals surface area contributed by atoms with Gasteiger partial charge in [0.1, 0.15) is 0 Å². The molecule has 104 valence electrons. The fourth-order valence-electron chi connectivity index (χ4n) is 1.89. The fraction of sp³-hybridized carbons (Fsp3) is 0.417. The molecule has 0 aromatic heterocycles. The van der Waals surface area contributed by atoms with Crippen LogP contribution in [0.3, 0.4) is 0 Å². The van der Waals surface area contributed by atoms with Crippen molar-refractivity contribution in [3.8, 4) is 0 Å². The van der Waals surface area contributed by atoms with E-state index in [4.69, 9.17) is 0 Å². The van der Waals surface area contributed by atoms with Crippen LogP contribution in [0, 0.1) is 0 Å². The second kappa shape index (κ2) is 5.05. The number of hydrogen-bond donors (Lipinski definition) is 2. The van der Waals surface area contributed by atoms with Crippen molar-refractivity contribution < 1.29 is 18.3 Å². The van der Waals surface area contributed by atoms with Crippen LogP contribution in [-0.4, -0.2) is 28.4 Å². The zero-order valence-corrected chi connectivity index (χ0v) is 10.9. The average molecular weight is 290 g/mol. The standard InChI is InChI=1S/C12H13F3N2OS/c1-19-10-16-9(8-5-3-2-4-6-8)7-11(18,17-10)12(13,14)15/h2-6,9,18H,7H2,1H3,(H,16,17)/t9-,11-/m0/s1. The van der Waals surface area contributed by atoms with Gasteiger partial charge in [-0.05, 0) is 11.8 Å². The summed E-state index contributed by atoms with van der Waals surface area (Å²) in [4.78, 5) is 4.19. The van der Waals surface area contributed by atoms with Crippen LogP contribution in [0.4, 0.5) is 13.2 Å². The van der Waals surface area contributed by atoms with Gasteiger partial charge in [-0.2, -0.15) is 13.2 Å². The van der Waals surface area contributed by atoms with Crippen LogP contribution >= 0.6 is 11.8 Å². The number of amidine groups is 1. The van der Waals surface area contributed by atoms with Gasteiger partial charge in [0.05, 0.1) is 6.04 Å². The van der Waals surface area contributed by atoms with Crippen LogP contribution in [0.2, 0.25) is 0 Å². The first-order valence-electron chi connectivity index (χ1n) is 5.60. The number of alkyl halides is 3. The largest absolute Gasteiger partial charge is 0.436 e. The van der Waals surface area contributed by atoms with Crippen molar-refractivity contribution >= 4 is 16.9 Å². The van der Waals surface area contributed by atoms with E-state index < -0.39 is 24.4 Å². The van der Waals surface area contributed by atoms with Crippen molar-refractivity contribution in [2.75, 3.05) is 6.26 Å². The molecule has 1 aliphatic heterocycles. The molecule has 0 saturated carbocycles. The third-order valence-electron chi connectivity index (χ3n) is 2.92. The van der Waals surface area contributed by atoms with Crippen LogP contribution in [0.5, 0.6) is 0 Å². The van der Waals surface area contributed by atoms with E-state index in [9.17, 15) is 18.3 Å². The van der Waals surface area contributed by atoms with Crippen molar-refractivity contribution in [3.63, 3.8) is 0 Å². The Morgan fingerprint density at radius 1 is 1.37 bits per heavy atom. The number of nitrogens with one attached hydrogen (secondary N) is 1. The molecule has 3 nitrogen and oxygen atoms in total. The lowest BCUT2D eigenvalue weighted by atomic mass is 9.95. The molecule has 1 aromatic rings. The number of aliphatic hydroxyl groups is 1. The van der Waals surface area contributed by atoms with Crippen molar-refractivity contribution in [1.29, 1.82) is 0 Å². The van der Waals surface area contributed by atoms with E-state index in [0.29, 0.717) is 5.56 Å². The highest BCUT2D eigenvalue weighted by Gasteiger charge is 2.57. The molecule has 0 amide bonds. The number of halogens is 3. The van der Waals surface area contributed by atoms with Gasteiger partial charge >= 0.3 is 6.18 Å². The first-order chi connectivity index (χ1) is 8.86. The number of aliphatic imine (C=N–C) groups is 1. The highest BCUT2D eigenvalue weighted by molar-refractivity contribution is 8.13. The maximum Gasteiger partial charge on any atom is 0.436 e. The van der Waals surface area contributed by atoms with Gasteiger partial charge in [-0.1, -0.05) is 42.1 Å². The summed E-state index contributed by atoms with van der Waals surface area (Å²) in [5.74, 6) is 0. The summed E-state index contributed by atoms with van der Waals surface area (Å²) in [7, 11) is 0.